The second-order valence-electron chi connectivity index (χ2n) is 7.22. The number of hydrogen-bond acceptors (Lipinski definition) is 3. The van der Waals surface area contributed by atoms with Gasteiger partial charge in [-0.15, -0.1) is 0 Å². The van der Waals surface area contributed by atoms with E-state index in [9.17, 15) is 4.79 Å². The molecule has 4 heteroatoms. The van der Waals surface area contributed by atoms with E-state index in [1.54, 1.807) is 7.11 Å². The maximum Gasteiger partial charge on any atom is 0.228 e. The minimum atomic E-state index is -0.0351. The molecule has 1 amide bonds. The molecule has 1 aliphatic rings. The zero-order valence-corrected chi connectivity index (χ0v) is 15.7. The van der Waals surface area contributed by atoms with E-state index in [-0.39, 0.29) is 5.91 Å². The van der Waals surface area contributed by atoms with Gasteiger partial charge in [0, 0.05) is 24.3 Å². The summed E-state index contributed by atoms with van der Waals surface area (Å²) in [6.07, 6.45) is 2.93. The van der Waals surface area contributed by atoms with Gasteiger partial charge in [-0.1, -0.05) is 37.3 Å². The van der Waals surface area contributed by atoms with Crippen LogP contribution in [0.4, 0.5) is 5.69 Å². The van der Waals surface area contributed by atoms with Gasteiger partial charge < -0.3 is 10.1 Å². The van der Waals surface area contributed by atoms with Gasteiger partial charge in [0.2, 0.25) is 5.91 Å². The van der Waals surface area contributed by atoms with Crippen LogP contribution >= 0.6 is 0 Å². The molecule has 0 spiro atoms. The molecule has 1 saturated heterocycles. The van der Waals surface area contributed by atoms with Gasteiger partial charge in [-0.05, 0) is 49.1 Å². The molecule has 0 aliphatic carbocycles. The molecule has 0 radical (unpaired) electrons. The molecule has 0 unspecified atom stereocenters. The quantitative estimate of drug-likeness (QED) is 0.851. The summed E-state index contributed by atoms with van der Waals surface area (Å²) >= 11 is 0. The lowest BCUT2D eigenvalue weighted by Crippen LogP contribution is -2.33. The predicted octanol–water partition coefficient (Wildman–Crippen LogP) is 4.11. The molecule has 0 bridgehead atoms. The van der Waals surface area contributed by atoms with Crippen LogP contribution in [0.1, 0.15) is 30.9 Å². The maximum absolute atomic E-state index is 12.3. The van der Waals surface area contributed by atoms with Crippen molar-refractivity contribution < 1.29 is 9.53 Å². The second kappa shape index (κ2) is 8.86. The monoisotopic (exact) mass is 352 g/mol. The second-order valence-corrected chi connectivity index (χ2v) is 7.22. The average molecular weight is 352 g/mol. The lowest BCUT2D eigenvalue weighted by molar-refractivity contribution is -0.115. The van der Waals surface area contributed by atoms with Gasteiger partial charge in [0.25, 0.3) is 0 Å². The molecule has 0 saturated carbocycles. The summed E-state index contributed by atoms with van der Waals surface area (Å²) in [6, 6.07) is 15.8. The van der Waals surface area contributed by atoms with Crippen molar-refractivity contribution in [2.45, 2.75) is 32.7 Å². The number of hydrogen-bond donors (Lipinski definition) is 1. The Bertz CT molecular complexity index is 727. The first-order valence-corrected chi connectivity index (χ1v) is 9.37. The number of para-hydroxylation sites is 1. The number of benzene rings is 2. The Balaban J connectivity index is 1.54. The van der Waals surface area contributed by atoms with Crippen molar-refractivity contribution in [3.63, 3.8) is 0 Å². The Morgan fingerprint density at radius 2 is 1.96 bits per heavy atom. The summed E-state index contributed by atoms with van der Waals surface area (Å²) in [7, 11) is 1.62. The van der Waals surface area contributed by atoms with Crippen LogP contribution in [-0.2, 0) is 17.8 Å². The predicted molar refractivity (Wildman–Crippen MR) is 105 cm³/mol. The molecule has 1 heterocycles. The topological polar surface area (TPSA) is 41.6 Å². The van der Waals surface area contributed by atoms with Crippen molar-refractivity contribution in [2.24, 2.45) is 5.92 Å². The van der Waals surface area contributed by atoms with Crippen LogP contribution in [0.3, 0.4) is 0 Å². The molecular weight excluding hydrogens is 324 g/mol. The largest absolute Gasteiger partial charge is 0.496 e. The van der Waals surface area contributed by atoms with Crippen molar-refractivity contribution in [2.75, 3.05) is 25.5 Å². The van der Waals surface area contributed by atoms with Gasteiger partial charge >= 0.3 is 0 Å². The van der Waals surface area contributed by atoms with Crippen LogP contribution < -0.4 is 10.1 Å². The van der Waals surface area contributed by atoms with Gasteiger partial charge in [-0.25, -0.2) is 0 Å². The number of nitrogens with zero attached hydrogens (tertiary/aromatic N) is 1. The first-order chi connectivity index (χ1) is 12.6. The molecule has 1 fully saturated rings. The summed E-state index contributed by atoms with van der Waals surface area (Å²) in [5, 5.41) is 2.97. The Kier molecular flexibility index (Phi) is 6.29. The number of amides is 1. The van der Waals surface area contributed by atoms with Gasteiger partial charge in [0.15, 0.2) is 0 Å². The molecule has 3 rings (SSSR count). The van der Waals surface area contributed by atoms with Gasteiger partial charge in [-0.2, -0.15) is 0 Å². The number of nitrogens with one attached hydrogen (secondary N) is 1. The normalized spacial score (nSPS) is 17.7. The maximum atomic E-state index is 12.3. The van der Waals surface area contributed by atoms with E-state index in [4.69, 9.17) is 4.74 Å². The molecule has 1 aliphatic heterocycles. The zero-order chi connectivity index (χ0) is 18.4. The molecule has 2 aromatic carbocycles. The van der Waals surface area contributed by atoms with Gasteiger partial charge in [0.1, 0.15) is 5.75 Å². The number of ether oxygens (including phenoxy) is 1. The van der Waals surface area contributed by atoms with Crippen molar-refractivity contribution in [3.8, 4) is 5.75 Å². The number of likely N-dealkylation sites (tertiary alicyclic amines) is 1. The Morgan fingerprint density at radius 3 is 2.69 bits per heavy atom. The Hall–Kier alpha value is -2.33. The third kappa shape index (κ3) is 5.09. The standard InChI is InChI=1S/C22H28N2O2/c1-17-6-5-13-24(15-17)16-18-9-11-20(12-10-18)23-22(25)14-19-7-3-4-8-21(19)26-2/h3-4,7-12,17H,5-6,13-16H2,1-2H3,(H,23,25)/t17-/m0/s1. The van der Waals surface area contributed by atoms with E-state index in [0.29, 0.717) is 6.42 Å². The lowest BCUT2D eigenvalue weighted by Gasteiger charge is -2.30. The van der Waals surface area contributed by atoms with Crippen molar-refractivity contribution in [1.29, 1.82) is 0 Å². The summed E-state index contributed by atoms with van der Waals surface area (Å²) in [6.45, 7) is 5.67. The number of carbonyl (C=O) groups excluding carboxylic acids is 1. The highest BCUT2D eigenvalue weighted by molar-refractivity contribution is 5.92. The van der Waals surface area contributed by atoms with E-state index < -0.39 is 0 Å². The minimum absolute atomic E-state index is 0.0351. The van der Waals surface area contributed by atoms with Crippen molar-refractivity contribution >= 4 is 11.6 Å². The Morgan fingerprint density at radius 1 is 1.19 bits per heavy atom. The van der Waals surface area contributed by atoms with E-state index in [1.165, 1.54) is 31.5 Å². The highest BCUT2D eigenvalue weighted by atomic mass is 16.5. The highest BCUT2D eigenvalue weighted by Gasteiger charge is 2.16. The molecule has 26 heavy (non-hydrogen) atoms. The molecular formula is C22H28N2O2. The average Bonchev–Trinajstić information content (AvgIpc) is 2.64. The van der Waals surface area contributed by atoms with Gasteiger partial charge in [0.05, 0.1) is 13.5 Å². The zero-order valence-electron chi connectivity index (χ0n) is 15.7. The van der Waals surface area contributed by atoms with Crippen LogP contribution in [0, 0.1) is 5.92 Å². The first kappa shape index (κ1) is 18.5. The number of carbonyl (C=O) groups is 1. The number of rotatable bonds is 6. The number of piperidine rings is 1. The summed E-state index contributed by atoms with van der Waals surface area (Å²) < 4.78 is 5.31. The van der Waals surface area contributed by atoms with E-state index in [1.807, 2.05) is 36.4 Å². The first-order valence-electron chi connectivity index (χ1n) is 9.37. The molecule has 2 aromatic rings. The van der Waals surface area contributed by atoms with E-state index >= 15 is 0 Å². The molecule has 138 valence electrons. The van der Waals surface area contributed by atoms with E-state index in [2.05, 4.69) is 29.3 Å². The fourth-order valence-electron chi connectivity index (χ4n) is 3.61. The number of anilines is 1. The summed E-state index contributed by atoms with van der Waals surface area (Å²) in [4.78, 5) is 14.8. The van der Waals surface area contributed by atoms with E-state index in [0.717, 1.165) is 29.5 Å². The van der Waals surface area contributed by atoms with Gasteiger partial charge in [-0.3, -0.25) is 9.69 Å². The molecule has 4 nitrogen and oxygen atoms in total. The van der Waals surface area contributed by atoms with Crippen LogP contribution in [0.25, 0.3) is 0 Å². The SMILES string of the molecule is COc1ccccc1CC(=O)Nc1ccc(CN2CCC[C@H](C)C2)cc1. The summed E-state index contributed by atoms with van der Waals surface area (Å²) in [5.41, 5.74) is 3.02. The van der Waals surface area contributed by atoms with Crippen LogP contribution in [0.2, 0.25) is 0 Å². The third-order valence-electron chi connectivity index (χ3n) is 4.93. The molecule has 1 atom stereocenters. The van der Waals surface area contributed by atoms with Crippen LogP contribution in [-0.4, -0.2) is 31.0 Å². The lowest BCUT2D eigenvalue weighted by atomic mass is 10.00. The van der Waals surface area contributed by atoms with Crippen molar-refractivity contribution in [3.05, 3.63) is 59.7 Å². The third-order valence-corrected chi connectivity index (χ3v) is 4.93. The number of methoxy groups -OCH3 is 1. The Labute approximate surface area is 156 Å². The highest BCUT2D eigenvalue weighted by Crippen LogP contribution is 2.20. The fraction of sp³-hybridized carbons (Fsp3) is 0.409. The van der Waals surface area contributed by atoms with Crippen molar-refractivity contribution in [1.82, 2.24) is 4.90 Å². The van der Waals surface area contributed by atoms with Crippen LogP contribution in [0.15, 0.2) is 48.5 Å². The van der Waals surface area contributed by atoms with Crippen LogP contribution in [0.5, 0.6) is 5.75 Å². The summed E-state index contributed by atoms with van der Waals surface area (Å²) in [5.74, 6) is 1.50. The minimum Gasteiger partial charge on any atom is -0.496 e. The molecule has 0 aromatic heterocycles. The fourth-order valence-corrected chi connectivity index (χ4v) is 3.61. The smallest absolute Gasteiger partial charge is 0.228 e. The molecule has 1 N–H and O–H groups in total.